The highest BCUT2D eigenvalue weighted by Crippen LogP contribution is 2.35. The van der Waals surface area contributed by atoms with Crippen molar-refractivity contribution < 1.29 is 9.84 Å². The lowest BCUT2D eigenvalue weighted by Crippen LogP contribution is -2.22. The van der Waals surface area contributed by atoms with Gasteiger partial charge >= 0.3 is 0 Å². The van der Waals surface area contributed by atoms with Crippen LogP contribution in [0.4, 0.5) is 0 Å². The summed E-state index contributed by atoms with van der Waals surface area (Å²) in [6, 6.07) is 3.74. The van der Waals surface area contributed by atoms with E-state index in [0.717, 1.165) is 18.7 Å². The average Bonchev–Trinajstić information content (AvgIpc) is 2.33. The Morgan fingerprint density at radius 1 is 1.53 bits per heavy atom. The average molecular weight is 320 g/mol. The van der Waals surface area contributed by atoms with Gasteiger partial charge in [0.05, 0.1) is 11.6 Å². The minimum atomic E-state index is 0.147. The first-order valence-corrected chi connectivity index (χ1v) is 7.45. The topological polar surface area (TPSA) is 41.5 Å². The van der Waals surface area contributed by atoms with E-state index < -0.39 is 0 Å². The van der Waals surface area contributed by atoms with Crippen molar-refractivity contribution >= 4 is 27.7 Å². The summed E-state index contributed by atoms with van der Waals surface area (Å²) >= 11 is 5.15. The summed E-state index contributed by atoms with van der Waals surface area (Å²) in [6.45, 7) is 3.91. The lowest BCUT2D eigenvalue weighted by molar-refractivity contribution is 0.371. The number of thioether (sulfide) groups is 1. The largest absolute Gasteiger partial charge is 0.503 e. The molecule has 1 rings (SSSR count). The number of ether oxygens (including phenoxy) is 1. The number of phenols is 1. The number of phenolic OH excluding ortho intramolecular Hbond substituents is 1. The molecule has 0 aliphatic heterocycles. The minimum Gasteiger partial charge on any atom is -0.503 e. The number of methoxy groups -OCH3 is 1. The summed E-state index contributed by atoms with van der Waals surface area (Å²) in [6.07, 6.45) is 2.10. The molecule has 96 valence electrons. The van der Waals surface area contributed by atoms with E-state index in [9.17, 15) is 5.11 Å². The van der Waals surface area contributed by atoms with Crippen molar-refractivity contribution in [2.45, 2.75) is 18.7 Å². The zero-order chi connectivity index (χ0) is 12.8. The van der Waals surface area contributed by atoms with Crippen LogP contribution in [0.2, 0.25) is 0 Å². The summed E-state index contributed by atoms with van der Waals surface area (Å²) in [4.78, 5) is 0. The van der Waals surface area contributed by atoms with E-state index >= 15 is 0 Å². The van der Waals surface area contributed by atoms with Crippen molar-refractivity contribution in [1.29, 1.82) is 0 Å². The monoisotopic (exact) mass is 319 g/mol. The van der Waals surface area contributed by atoms with Crippen molar-refractivity contribution in [3.05, 3.63) is 22.2 Å². The molecule has 0 saturated carbocycles. The van der Waals surface area contributed by atoms with E-state index in [4.69, 9.17) is 4.74 Å². The first-order valence-electron chi connectivity index (χ1n) is 5.37. The summed E-state index contributed by atoms with van der Waals surface area (Å²) < 4.78 is 5.76. The third-order valence-corrected chi connectivity index (χ3v) is 4.05. The van der Waals surface area contributed by atoms with E-state index in [1.165, 1.54) is 0 Å². The van der Waals surface area contributed by atoms with Crippen molar-refractivity contribution in [2.75, 3.05) is 19.9 Å². The fraction of sp³-hybridized carbons (Fsp3) is 0.500. The molecule has 2 N–H and O–H groups in total. The molecule has 1 unspecified atom stereocenters. The second kappa shape index (κ2) is 7.13. The maximum atomic E-state index is 9.68. The van der Waals surface area contributed by atoms with Crippen molar-refractivity contribution in [1.82, 2.24) is 5.32 Å². The van der Waals surface area contributed by atoms with Crippen molar-refractivity contribution in [2.24, 2.45) is 0 Å². The van der Waals surface area contributed by atoms with E-state index in [2.05, 4.69) is 34.4 Å². The Morgan fingerprint density at radius 3 is 2.82 bits per heavy atom. The molecule has 0 spiro atoms. The second-order valence-corrected chi connectivity index (χ2v) is 5.94. The second-order valence-electron chi connectivity index (χ2n) is 3.81. The zero-order valence-electron chi connectivity index (χ0n) is 10.3. The Bertz CT molecular complexity index is 374. The Labute approximate surface area is 115 Å². The van der Waals surface area contributed by atoms with Crippen molar-refractivity contribution in [3.8, 4) is 11.5 Å². The molecule has 0 aliphatic rings. The summed E-state index contributed by atoms with van der Waals surface area (Å²) in [5.41, 5.74) is 1.08. The molecule has 1 aromatic rings. The standard InChI is InChI=1S/C12H18BrNO2S/c1-8(17-3)6-14-7-9-4-10(13)12(15)11(5-9)16-2/h4-5,8,14-15H,6-7H2,1-3H3. The zero-order valence-corrected chi connectivity index (χ0v) is 12.7. The Kier molecular flexibility index (Phi) is 6.16. The summed E-state index contributed by atoms with van der Waals surface area (Å²) in [5.74, 6) is 0.642. The number of hydrogen-bond donors (Lipinski definition) is 2. The van der Waals surface area contributed by atoms with Gasteiger partial charge in [-0.2, -0.15) is 11.8 Å². The van der Waals surface area contributed by atoms with E-state index in [1.807, 2.05) is 23.9 Å². The van der Waals surface area contributed by atoms with Crippen LogP contribution in [0.3, 0.4) is 0 Å². The molecule has 5 heteroatoms. The molecule has 0 aromatic heterocycles. The number of nitrogens with one attached hydrogen (secondary N) is 1. The number of hydrogen-bond acceptors (Lipinski definition) is 4. The molecule has 0 fully saturated rings. The third kappa shape index (κ3) is 4.41. The van der Waals surface area contributed by atoms with Crippen LogP contribution in [0.15, 0.2) is 16.6 Å². The molecule has 17 heavy (non-hydrogen) atoms. The third-order valence-electron chi connectivity index (χ3n) is 2.47. The smallest absolute Gasteiger partial charge is 0.172 e. The molecule has 1 atom stereocenters. The van der Waals surface area contributed by atoms with Gasteiger partial charge in [-0.15, -0.1) is 0 Å². The highest BCUT2D eigenvalue weighted by molar-refractivity contribution is 9.10. The molecule has 0 amide bonds. The lowest BCUT2D eigenvalue weighted by atomic mass is 10.2. The highest BCUT2D eigenvalue weighted by atomic mass is 79.9. The molecular weight excluding hydrogens is 302 g/mol. The quantitative estimate of drug-likeness (QED) is 0.845. The van der Waals surface area contributed by atoms with Crippen molar-refractivity contribution in [3.63, 3.8) is 0 Å². The Hall–Kier alpha value is -0.390. The van der Waals surface area contributed by atoms with Gasteiger partial charge in [0.2, 0.25) is 0 Å². The van der Waals surface area contributed by atoms with Gasteiger partial charge in [-0.25, -0.2) is 0 Å². The van der Waals surface area contributed by atoms with E-state index in [-0.39, 0.29) is 5.75 Å². The maximum Gasteiger partial charge on any atom is 0.172 e. The minimum absolute atomic E-state index is 0.147. The Balaban J connectivity index is 2.63. The van der Waals surface area contributed by atoms with Gasteiger partial charge in [0.1, 0.15) is 0 Å². The highest BCUT2D eigenvalue weighted by Gasteiger charge is 2.08. The first-order chi connectivity index (χ1) is 8.08. The molecule has 0 radical (unpaired) electrons. The Morgan fingerprint density at radius 2 is 2.24 bits per heavy atom. The molecule has 0 aliphatic carbocycles. The normalized spacial score (nSPS) is 12.5. The van der Waals surface area contributed by atoms with Gasteiger partial charge in [0.15, 0.2) is 11.5 Å². The van der Waals surface area contributed by atoms with Gasteiger partial charge in [-0.1, -0.05) is 6.92 Å². The van der Waals surface area contributed by atoms with Crippen LogP contribution in [0.1, 0.15) is 12.5 Å². The van der Waals surface area contributed by atoms with E-state index in [1.54, 1.807) is 7.11 Å². The summed E-state index contributed by atoms with van der Waals surface area (Å²) in [5, 5.41) is 13.6. The van der Waals surface area contributed by atoms with Gasteiger partial charge in [0, 0.05) is 18.3 Å². The molecule has 0 heterocycles. The number of rotatable bonds is 6. The molecular formula is C12H18BrNO2S. The van der Waals surface area contributed by atoms with Crippen LogP contribution >= 0.6 is 27.7 Å². The van der Waals surface area contributed by atoms with Crippen LogP contribution in [0.25, 0.3) is 0 Å². The predicted octanol–water partition coefficient (Wildman–Crippen LogP) is 3.00. The van der Waals surface area contributed by atoms with Crippen LogP contribution in [-0.4, -0.2) is 30.3 Å². The lowest BCUT2D eigenvalue weighted by Gasteiger charge is -2.12. The molecule has 0 bridgehead atoms. The van der Waals surface area contributed by atoms with Gasteiger partial charge in [-0.05, 0) is 39.9 Å². The first kappa shape index (κ1) is 14.7. The summed E-state index contributed by atoms with van der Waals surface area (Å²) in [7, 11) is 1.55. The van der Waals surface area contributed by atoms with Crippen LogP contribution in [0, 0.1) is 0 Å². The molecule has 3 nitrogen and oxygen atoms in total. The maximum absolute atomic E-state index is 9.68. The number of halogens is 1. The van der Waals surface area contributed by atoms with Crippen LogP contribution < -0.4 is 10.1 Å². The SMILES string of the molecule is COc1cc(CNCC(C)SC)cc(Br)c1O. The molecule has 1 aromatic carbocycles. The molecule has 0 saturated heterocycles. The van der Waals surface area contributed by atoms with Crippen LogP contribution in [0.5, 0.6) is 11.5 Å². The van der Waals surface area contributed by atoms with Gasteiger partial charge in [-0.3, -0.25) is 0 Å². The van der Waals surface area contributed by atoms with E-state index in [0.29, 0.717) is 15.5 Å². The predicted molar refractivity (Wildman–Crippen MR) is 77.0 cm³/mol. The van der Waals surface area contributed by atoms with Crippen LogP contribution in [-0.2, 0) is 6.54 Å². The van der Waals surface area contributed by atoms with Gasteiger partial charge in [0.25, 0.3) is 0 Å². The number of aromatic hydroxyl groups is 1. The number of benzene rings is 1. The fourth-order valence-electron chi connectivity index (χ4n) is 1.39. The fourth-order valence-corrected chi connectivity index (χ4v) is 2.16. The van der Waals surface area contributed by atoms with Gasteiger partial charge < -0.3 is 15.2 Å².